The lowest BCUT2D eigenvalue weighted by Gasteiger charge is -2.07. The zero-order valence-corrected chi connectivity index (χ0v) is 15.4. The molecule has 1 N–H and O–H groups in total. The van der Waals surface area contributed by atoms with Gasteiger partial charge in [-0.05, 0) is 54.6 Å². The van der Waals surface area contributed by atoms with Crippen molar-refractivity contribution in [2.24, 2.45) is 0 Å². The molecule has 0 unspecified atom stereocenters. The van der Waals surface area contributed by atoms with Crippen molar-refractivity contribution in [2.45, 2.75) is 0 Å². The predicted octanol–water partition coefficient (Wildman–Crippen LogP) is 4.80. The summed E-state index contributed by atoms with van der Waals surface area (Å²) < 4.78 is 23.8. The molecule has 0 radical (unpaired) electrons. The highest BCUT2D eigenvalue weighted by atomic mass is 19.1. The van der Waals surface area contributed by atoms with Gasteiger partial charge in [-0.15, -0.1) is 0 Å². The van der Waals surface area contributed by atoms with Crippen LogP contribution in [-0.4, -0.2) is 23.2 Å². The number of methoxy groups -OCH3 is 1. The number of nitrogens with zero attached hydrogens (tertiary/aromatic N) is 2. The van der Waals surface area contributed by atoms with Crippen LogP contribution in [0.2, 0.25) is 0 Å². The highest BCUT2D eigenvalue weighted by molar-refractivity contribution is 6.04. The summed E-state index contributed by atoms with van der Waals surface area (Å²) >= 11 is 0. The smallest absolute Gasteiger partial charge is 0.258 e. The van der Waals surface area contributed by atoms with Crippen LogP contribution in [0.1, 0.15) is 10.4 Å². The molecule has 0 saturated carbocycles. The zero-order valence-electron chi connectivity index (χ0n) is 15.4. The molecule has 0 spiro atoms. The molecule has 0 fully saturated rings. The van der Waals surface area contributed by atoms with Crippen LogP contribution in [0.25, 0.3) is 22.8 Å². The molecular formula is C22H16FN3O3. The van der Waals surface area contributed by atoms with Crippen LogP contribution in [0, 0.1) is 5.82 Å². The Labute approximate surface area is 166 Å². The Hall–Kier alpha value is -4.00. The van der Waals surface area contributed by atoms with Gasteiger partial charge in [-0.3, -0.25) is 4.79 Å². The van der Waals surface area contributed by atoms with E-state index in [0.717, 1.165) is 0 Å². The molecule has 1 heterocycles. The number of rotatable bonds is 5. The van der Waals surface area contributed by atoms with Gasteiger partial charge in [0.15, 0.2) is 0 Å². The van der Waals surface area contributed by atoms with Crippen molar-refractivity contribution >= 4 is 11.6 Å². The molecule has 0 aliphatic rings. The van der Waals surface area contributed by atoms with Gasteiger partial charge in [0.05, 0.1) is 7.11 Å². The van der Waals surface area contributed by atoms with Gasteiger partial charge in [-0.25, -0.2) is 4.39 Å². The number of hydrogen-bond acceptors (Lipinski definition) is 5. The lowest BCUT2D eigenvalue weighted by Crippen LogP contribution is -2.11. The molecule has 1 aromatic heterocycles. The highest BCUT2D eigenvalue weighted by Gasteiger charge is 2.14. The molecule has 0 aliphatic carbocycles. The molecule has 0 saturated heterocycles. The van der Waals surface area contributed by atoms with Crippen molar-refractivity contribution in [3.05, 3.63) is 84.2 Å². The highest BCUT2D eigenvalue weighted by Crippen LogP contribution is 2.24. The number of aromatic nitrogens is 2. The van der Waals surface area contributed by atoms with E-state index in [9.17, 15) is 9.18 Å². The minimum Gasteiger partial charge on any atom is -0.497 e. The first-order valence-corrected chi connectivity index (χ1v) is 8.78. The third kappa shape index (κ3) is 4.14. The second-order valence-electron chi connectivity index (χ2n) is 6.20. The fraction of sp³-hybridized carbons (Fsp3) is 0.0455. The van der Waals surface area contributed by atoms with Crippen molar-refractivity contribution in [3.63, 3.8) is 0 Å². The van der Waals surface area contributed by atoms with Crippen molar-refractivity contribution < 1.29 is 18.4 Å². The molecule has 4 aromatic rings. The normalized spacial score (nSPS) is 10.6. The third-order valence-corrected chi connectivity index (χ3v) is 4.23. The summed E-state index contributed by atoms with van der Waals surface area (Å²) in [5, 5.41) is 6.72. The number of anilines is 1. The molecule has 0 bridgehead atoms. The van der Waals surface area contributed by atoms with Crippen molar-refractivity contribution in [1.29, 1.82) is 0 Å². The van der Waals surface area contributed by atoms with E-state index in [-0.39, 0.29) is 23.4 Å². The molecule has 4 rings (SSSR count). The number of halogens is 1. The van der Waals surface area contributed by atoms with Gasteiger partial charge in [-0.1, -0.05) is 23.4 Å². The Kier molecular flexibility index (Phi) is 5.03. The van der Waals surface area contributed by atoms with Gasteiger partial charge in [0, 0.05) is 22.4 Å². The number of hydrogen-bond donors (Lipinski definition) is 1. The fourth-order valence-electron chi connectivity index (χ4n) is 2.76. The largest absolute Gasteiger partial charge is 0.497 e. The van der Waals surface area contributed by atoms with Crippen LogP contribution < -0.4 is 10.1 Å². The van der Waals surface area contributed by atoms with Gasteiger partial charge < -0.3 is 14.6 Å². The second-order valence-corrected chi connectivity index (χ2v) is 6.20. The number of amides is 1. The van der Waals surface area contributed by atoms with E-state index in [2.05, 4.69) is 15.5 Å². The van der Waals surface area contributed by atoms with Crippen LogP contribution in [0.3, 0.4) is 0 Å². The lowest BCUT2D eigenvalue weighted by atomic mass is 10.1. The molecule has 6 nitrogen and oxygen atoms in total. The van der Waals surface area contributed by atoms with E-state index in [1.807, 2.05) is 0 Å². The van der Waals surface area contributed by atoms with E-state index in [1.54, 1.807) is 67.8 Å². The summed E-state index contributed by atoms with van der Waals surface area (Å²) in [7, 11) is 1.58. The number of benzene rings is 3. The van der Waals surface area contributed by atoms with E-state index < -0.39 is 0 Å². The maximum absolute atomic E-state index is 13.4. The molecule has 0 aliphatic heterocycles. The number of ether oxygens (including phenoxy) is 1. The Balaban J connectivity index is 1.54. The first-order valence-electron chi connectivity index (χ1n) is 8.78. The maximum atomic E-state index is 13.4. The third-order valence-electron chi connectivity index (χ3n) is 4.23. The van der Waals surface area contributed by atoms with E-state index >= 15 is 0 Å². The molecule has 3 aromatic carbocycles. The average Bonchev–Trinajstić information content (AvgIpc) is 3.25. The fourth-order valence-corrected chi connectivity index (χ4v) is 2.76. The van der Waals surface area contributed by atoms with Gasteiger partial charge in [0.1, 0.15) is 11.6 Å². The van der Waals surface area contributed by atoms with Crippen molar-refractivity contribution in [2.75, 3.05) is 12.4 Å². The minimum absolute atomic E-state index is 0.239. The van der Waals surface area contributed by atoms with E-state index in [1.165, 1.54) is 12.1 Å². The van der Waals surface area contributed by atoms with Gasteiger partial charge in [0.25, 0.3) is 11.8 Å². The van der Waals surface area contributed by atoms with Crippen LogP contribution in [0.4, 0.5) is 10.1 Å². The van der Waals surface area contributed by atoms with Gasteiger partial charge >= 0.3 is 0 Å². The van der Waals surface area contributed by atoms with Crippen LogP contribution in [-0.2, 0) is 0 Å². The van der Waals surface area contributed by atoms with Gasteiger partial charge in [0.2, 0.25) is 5.82 Å². The van der Waals surface area contributed by atoms with Crippen LogP contribution >= 0.6 is 0 Å². The summed E-state index contributed by atoms with van der Waals surface area (Å²) in [6.07, 6.45) is 0. The average molecular weight is 389 g/mol. The maximum Gasteiger partial charge on any atom is 0.258 e. The SMILES string of the molecule is COc1ccc(NC(=O)c2cccc(-c3nc(-c4cccc(F)c4)no3)c2)cc1. The first-order chi connectivity index (χ1) is 14.1. The Morgan fingerprint density at radius 1 is 1.00 bits per heavy atom. The Bertz CT molecular complexity index is 1160. The molecule has 0 atom stereocenters. The monoisotopic (exact) mass is 389 g/mol. The topological polar surface area (TPSA) is 77.2 Å². The number of carbonyl (C=O) groups excluding carboxylic acids is 1. The van der Waals surface area contributed by atoms with Gasteiger partial charge in [-0.2, -0.15) is 4.98 Å². The van der Waals surface area contributed by atoms with Crippen LogP contribution in [0.5, 0.6) is 5.75 Å². The molecule has 144 valence electrons. The molecule has 29 heavy (non-hydrogen) atoms. The summed E-state index contributed by atoms with van der Waals surface area (Å²) in [6.45, 7) is 0. The predicted molar refractivity (Wildman–Crippen MR) is 106 cm³/mol. The van der Waals surface area contributed by atoms with E-state index in [0.29, 0.717) is 28.1 Å². The van der Waals surface area contributed by atoms with Crippen LogP contribution in [0.15, 0.2) is 77.3 Å². The van der Waals surface area contributed by atoms with Crippen molar-refractivity contribution in [1.82, 2.24) is 10.1 Å². The number of carbonyl (C=O) groups is 1. The molecule has 1 amide bonds. The van der Waals surface area contributed by atoms with E-state index in [4.69, 9.17) is 9.26 Å². The summed E-state index contributed by atoms with van der Waals surface area (Å²) in [5.41, 5.74) is 2.17. The first kappa shape index (κ1) is 18.4. The second kappa shape index (κ2) is 7.93. The standard InChI is InChI=1S/C22H16FN3O3/c1-28-19-10-8-18(9-11-19)24-21(27)15-5-2-6-16(12-15)22-25-20(26-29-22)14-4-3-7-17(23)13-14/h2-13H,1H3,(H,24,27). The summed E-state index contributed by atoms with van der Waals surface area (Å²) in [5.74, 6) is 0.555. The summed E-state index contributed by atoms with van der Waals surface area (Å²) in [6, 6.07) is 19.8. The zero-order chi connectivity index (χ0) is 20.2. The quantitative estimate of drug-likeness (QED) is 0.530. The summed E-state index contributed by atoms with van der Waals surface area (Å²) in [4.78, 5) is 16.9. The molecular weight excluding hydrogens is 373 g/mol. The lowest BCUT2D eigenvalue weighted by molar-refractivity contribution is 0.102. The minimum atomic E-state index is -0.383. The van der Waals surface area contributed by atoms with Crippen molar-refractivity contribution in [3.8, 4) is 28.6 Å². The Morgan fingerprint density at radius 3 is 2.52 bits per heavy atom. The number of nitrogens with one attached hydrogen (secondary N) is 1. The molecule has 7 heteroatoms. The Morgan fingerprint density at radius 2 is 1.76 bits per heavy atom.